The standard InChI is InChI=1S/C25H38O3/c1-15(21(27)28)16-9-13-25(6)18-7-8-19-22(2,3)20(26)11-12-23(19,4)17(18)10-14-24(16,25)5/h15-16,19H,7-14H2,1-6H3,(H,27,28)/t15?,16-,19?,23-,24-,25+/m1/s1. The van der Waals surface area contributed by atoms with Crippen LogP contribution in [0.25, 0.3) is 0 Å². The maximum atomic E-state index is 12.7. The van der Waals surface area contributed by atoms with Crippen LogP contribution in [-0.2, 0) is 9.59 Å². The van der Waals surface area contributed by atoms with Gasteiger partial charge in [-0.25, -0.2) is 0 Å². The highest BCUT2D eigenvalue weighted by Crippen LogP contribution is 2.72. The van der Waals surface area contributed by atoms with Crippen LogP contribution in [0.4, 0.5) is 0 Å². The SMILES string of the molecule is CC(C(=O)O)[C@H]1CC[C@@]2(C)C3=C(CC[C@]12C)[C@@]1(C)CCC(=O)C(C)(C)C1CC3. The van der Waals surface area contributed by atoms with Gasteiger partial charge in [0.25, 0.3) is 0 Å². The van der Waals surface area contributed by atoms with Gasteiger partial charge in [-0.05, 0) is 73.0 Å². The van der Waals surface area contributed by atoms with Gasteiger partial charge >= 0.3 is 5.97 Å². The van der Waals surface area contributed by atoms with Crippen molar-refractivity contribution in [2.75, 3.05) is 0 Å². The molecule has 0 aromatic heterocycles. The third kappa shape index (κ3) is 2.28. The Bertz CT molecular complexity index is 762. The average molecular weight is 387 g/mol. The molecule has 4 aliphatic rings. The van der Waals surface area contributed by atoms with Crippen molar-refractivity contribution in [3.63, 3.8) is 0 Å². The van der Waals surface area contributed by atoms with E-state index in [0.717, 1.165) is 44.9 Å². The normalized spacial score (nSPS) is 45.9. The van der Waals surface area contributed by atoms with E-state index in [1.807, 2.05) is 6.92 Å². The molecule has 0 aromatic rings. The molecular weight excluding hydrogens is 348 g/mol. The van der Waals surface area contributed by atoms with Crippen LogP contribution < -0.4 is 0 Å². The van der Waals surface area contributed by atoms with Gasteiger partial charge in [-0.2, -0.15) is 0 Å². The number of hydrogen-bond acceptors (Lipinski definition) is 2. The summed E-state index contributed by atoms with van der Waals surface area (Å²) in [5.41, 5.74) is 3.44. The molecule has 4 aliphatic carbocycles. The number of carbonyl (C=O) groups is 2. The van der Waals surface area contributed by atoms with Crippen LogP contribution in [0.15, 0.2) is 11.1 Å². The molecule has 0 aromatic carbocycles. The van der Waals surface area contributed by atoms with Gasteiger partial charge in [0.2, 0.25) is 0 Å². The molecule has 0 bridgehead atoms. The zero-order chi connectivity index (χ0) is 20.7. The van der Waals surface area contributed by atoms with Crippen LogP contribution in [0.1, 0.15) is 92.9 Å². The third-order valence-electron chi connectivity index (χ3n) is 10.6. The van der Waals surface area contributed by atoms with E-state index in [9.17, 15) is 14.7 Å². The van der Waals surface area contributed by atoms with E-state index in [0.29, 0.717) is 18.1 Å². The van der Waals surface area contributed by atoms with E-state index < -0.39 is 5.97 Å². The summed E-state index contributed by atoms with van der Waals surface area (Å²) in [5.74, 6) is 0.245. The lowest BCUT2D eigenvalue weighted by Crippen LogP contribution is -2.54. The van der Waals surface area contributed by atoms with Crippen molar-refractivity contribution in [3.05, 3.63) is 11.1 Å². The first kappa shape index (κ1) is 20.2. The first-order valence-corrected chi connectivity index (χ1v) is 11.4. The molecule has 0 radical (unpaired) electrons. The molecule has 1 N–H and O–H groups in total. The molecule has 0 amide bonds. The van der Waals surface area contributed by atoms with Gasteiger partial charge in [0.1, 0.15) is 5.78 Å². The molecule has 156 valence electrons. The van der Waals surface area contributed by atoms with Crippen molar-refractivity contribution >= 4 is 11.8 Å². The molecule has 0 saturated heterocycles. The van der Waals surface area contributed by atoms with Crippen molar-refractivity contribution in [2.24, 2.45) is 39.4 Å². The van der Waals surface area contributed by atoms with Crippen molar-refractivity contribution < 1.29 is 14.7 Å². The highest BCUT2D eigenvalue weighted by Gasteiger charge is 2.63. The summed E-state index contributed by atoms with van der Waals surface area (Å²) in [4.78, 5) is 24.5. The van der Waals surface area contributed by atoms with Crippen molar-refractivity contribution in [2.45, 2.75) is 92.9 Å². The molecule has 0 aliphatic heterocycles. The maximum absolute atomic E-state index is 12.7. The monoisotopic (exact) mass is 386 g/mol. The Labute approximate surface area is 170 Å². The quantitative estimate of drug-likeness (QED) is 0.590. The van der Waals surface area contributed by atoms with Gasteiger partial charge in [0.15, 0.2) is 0 Å². The summed E-state index contributed by atoms with van der Waals surface area (Å²) < 4.78 is 0. The Morgan fingerprint density at radius 3 is 2.29 bits per heavy atom. The Balaban J connectivity index is 1.78. The first-order valence-electron chi connectivity index (χ1n) is 11.4. The number of Topliss-reactive ketones (excluding diaryl/α,β-unsaturated/α-hetero) is 1. The summed E-state index contributed by atoms with van der Waals surface area (Å²) in [5, 5.41) is 9.70. The van der Waals surface area contributed by atoms with E-state index in [2.05, 4.69) is 34.6 Å². The van der Waals surface area contributed by atoms with Gasteiger partial charge in [-0.3, -0.25) is 9.59 Å². The van der Waals surface area contributed by atoms with Gasteiger partial charge in [-0.15, -0.1) is 0 Å². The number of carboxylic acid groups (broad SMARTS) is 1. The number of rotatable bonds is 2. The summed E-state index contributed by atoms with van der Waals surface area (Å²) in [6.45, 7) is 13.5. The Morgan fingerprint density at radius 1 is 0.964 bits per heavy atom. The predicted octanol–water partition coefficient (Wildman–Crippen LogP) is 6.03. The van der Waals surface area contributed by atoms with E-state index in [1.165, 1.54) is 0 Å². The largest absolute Gasteiger partial charge is 0.481 e. The molecule has 3 heteroatoms. The zero-order valence-electron chi connectivity index (χ0n) is 18.7. The van der Waals surface area contributed by atoms with Crippen LogP contribution in [-0.4, -0.2) is 16.9 Å². The molecule has 2 saturated carbocycles. The first-order chi connectivity index (χ1) is 12.9. The van der Waals surface area contributed by atoms with Crippen LogP contribution in [0.5, 0.6) is 0 Å². The van der Waals surface area contributed by atoms with E-state index in [-0.39, 0.29) is 33.5 Å². The summed E-state index contributed by atoms with van der Waals surface area (Å²) >= 11 is 0. The summed E-state index contributed by atoms with van der Waals surface area (Å²) in [6, 6.07) is 0. The molecule has 2 fully saturated rings. The molecule has 0 spiro atoms. The van der Waals surface area contributed by atoms with E-state index >= 15 is 0 Å². The minimum atomic E-state index is -0.640. The maximum Gasteiger partial charge on any atom is 0.306 e. The minimum Gasteiger partial charge on any atom is -0.481 e. The minimum absolute atomic E-state index is 0.0762. The van der Waals surface area contributed by atoms with Gasteiger partial charge in [0, 0.05) is 11.8 Å². The number of carboxylic acids is 1. The van der Waals surface area contributed by atoms with Crippen LogP contribution in [0, 0.1) is 39.4 Å². The molecule has 3 nitrogen and oxygen atoms in total. The molecule has 2 unspecified atom stereocenters. The number of hydrogen-bond donors (Lipinski definition) is 1. The fraction of sp³-hybridized carbons (Fsp3) is 0.840. The smallest absolute Gasteiger partial charge is 0.306 e. The van der Waals surface area contributed by atoms with E-state index in [4.69, 9.17) is 0 Å². The molecule has 4 rings (SSSR count). The second-order valence-corrected chi connectivity index (χ2v) is 11.6. The topological polar surface area (TPSA) is 54.4 Å². The summed E-state index contributed by atoms with van der Waals surface area (Å²) in [6.07, 6.45) is 8.27. The fourth-order valence-electron chi connectivity index (χ4n) is 8.50. The zero-order valence-corrected chi connectivity index (χ0v) is 18.7. The van der Waals surface area contributed by atoms with Crippen LogP contribution in [0.2, 0.25) is 0 Å². The second kappa shape index (κ2) is 5.95. The van der Waals surface area contributed by atoms with E-state index in [1.54, 1.807) is 11.1 Å². The highest BCUT2D eigenvalue weighted by molar-refractivity contribution is 5.85. The third-order valence-corrected chi connectivity index (χ3v) is 10.6. The summed E-state index contributed by atoms with van der Waals surface area (Å²) in [7, 11) is 0. The fourth-order valence-corrected chi connectivity index (χ4v) is 8.50. The highest BCUT2D eigenvalue weighted by atomic mass is 16.4. The van der Waals surface area contributed by atoms with Crippen molar-refractivity contribution in [1.82, 2.24) is 0 Å². The number of aliphatic carboxylic acids is 1. The molecular formula is C25H38O3. The van der Waals surface area contributed by atoms with Gasteiger partial charge < -0.3 is 5.11 Å². The Morgan fingerprint density at radius 2 is 1.64 bits per heavy atom. The van der Waals surface area contributed by atoms with Gasteiger partial charge in [0.05, 0.1) is 5.92 Å². The van der Waals surface area contributed by atoms with Crippen LogP contribution in [0.3, 0.4) is 0 Å². The molecule has 28 heavy (non-hydrogen) atoms. The van der Waals surface area contributed by atoms with Gasteiger partial charge in [-0.1, -0.05) is 52.7 Å². The number of allylic oxidation sites excluding steroid dienone is 2. The number of fused-ring (bicyclic) bond motifs is 4. The molecule has 6 atom stereocenters. The Hall–Kier alpha value is -1.12. The lowest BCUT2D eigenvalue weighted by Gasteiger charge is -2.60. The van der Waals surface area contributed by atoms with Crippen LogP contribution >= 0.6 is 0 Å². The lowest BCUT2D eigenvalue weighted by molar-refractivity contribution is -0.145. The molecule has 0 heterocycles. The second-order valence-electron chi connectivity index (χ2n) is 11.6. The van der Waals surface area contributed by atoms with Crippen molar-refractivity contribution in [3.8, 4) is 0 Å². The number of carbonyl (C=O) groups excluding carboxylic acids is 1. The lowest BCUT2D eigenvalue weighted by atomic mass is 9.43. The Kier molecular flexibility index (Phi) is 4.29. The van der Waals surface area contributed by atoms with Crippen molar-refractivity contribution in [1.29, 1.82) is 0 Å². The average Bonchev–Trinajstić information content (AvgIpc) is 2.90. The number of ketones is 1. The predicted molar refractivity (Wildman–Crippen MR) is 111 cm³/mol.